The fraction of sp³-hybridized carbons (Fsp3) is 0.923. The van der Waals surface area contributed by atoms with Crippen LogP contribution in [0.3, 0.4) is 0 Å². The lowest BCUT2D eigenvalue weighted by Gasteiger charge is -2.35. The molecule has 1 radical (unpaired) electrons. The Bertz CT molecular complexity index is 209. The molecule has 2 aliphatic rings. The molecule has 1 N–H and O–H groups in total. The predicted octanol–water partition coefficient (Wildman–Crippen LogP) is 0.226. The molecule has 1 unspecified atom stereocenters. The van der Waals surface area contributed by atoms with Gasteiger partial charge in [0.05, 0.1) is 19.3 Å². The van der Waals surface area contributed by atoms with Crippen molar-refractivity contribution in [2.24, 2.45) is 5.92 Å². The molecule has 0 aromatic rings. The quantitative estimate of drug-likeness (QED) is 0.764. The van der Waals surface area contributed by atoms with E-state index in [4.69, 9.17) is 4.74 Å². The van der Waals surface area contributed by atoms with E-state index in [-0.39, 0.29) is 6.10 Å². The lowest BCUT2D eigenvalue weighted by Crippen LogP contribution is -2.44. The van der Waals surface area contributed by atoms with Crippen molar-refractivity contribution in [2.45, 2.75) is 18.9 Å². The molecule has 0 bridgehead atoms. The van der Waals surface area contributed by atoms with Gasteiger partial charge in [0.2, 0.25) is 0 Å². The second kappa shape index (κ2) is 6.69. The topological polar surface area (TPSA) is 35.9 Å². The maximum Gasteiger partial charge on any atom is 0.0594 e. The Morgan fingerprint density at radius 1 is 1.06 bits per heavy atom. The van der Waals surface area contributed by atoms with Gasteiger partial charge in [-0.15, -0.1) is 0 Å². The van der Waals surface area contributed by atoms with Crippen molar-refractivity contribution in [3.05, 3.63) is 6.92 Å². The van der Waals surface area contributed by atoms with E-state index in [1.165, 1.54) is 0 Å². The van der Waals surface area contributed by atoms with E-state index in [9.17, 15) is 5.11 Å². The van der Waals surface area contributed by atoms with Gasteiger partial charge in [-0.2, -0.15) is 0 Å². The van der Waals surface area contributed by atoms with Crippen molar-refractivity contribution in [3.63, 3.8) is 0 Å². The molecule has 2 heterocycles. The van der Waals surface area contributed by atoms with E-state index < -0.39 is 0 Å². The zero-order valence-electron chi connectivity index (χ0n) is 10.7. The Kier molecular flexibility index (Phi) is 5.22. The van der Waals surface area contributed by atoms with Gasteiger partial charge >= 0.3 is 0 Å². The van der Waals surface area contributed by atoms with Crippen molar-refractivity contribution in [1.29, 1.82) is 0 Å². The lowest BCUT2D eigenvalue weighted by molar-refractivity contribution is 0.0286. The van der Waals surface area contributed by atoms with Crippen molar-refractivity contribution in [3.8, 4) is 0 Å². The summed E-state index contributed by atoms with van der Waals surface area (Å²) < 4.78 is 5.34. The van der Waals surface area contributed by atoms with Crippen LogP contribution in [0.25, 0.3) is 0 Å². The highest BCUT2D eigenvalue weighted by molar-refractivity contribution is 4.79. The van der Waals surface area contributed by atoms with Gasteiger partial charge in [0.1, 0.15) is 0 Å². The third-order valence-electron chi connectivity index (χ3n) is 4.01. The van der Waals surface area contributed by atoms with Gasteiger partial charge in [0.25, 0.3) is 0 Å². The zero-order valence-corrected chi connectivity index (χ0v) is 10.7. The highest BCUT2D eigenvalue weighted by Crippen LogP contribution is 2.20. The summed E-state index contributed by atoms with van der Waals surface area (Å²) in [6, 6.07) is 0. The fourth-order valence-corrected chi connectivity index (χ4v) is 2.67. The minimum Gasteiger partial charge on any atom is -0.393 e. The van der Waals surface area contributed by atoms with Crippen LogP contribution in [-0.2, 0) is 4.74 Å². The molecule has 2 saturated heterocycles. The van der Waals surface area contributed by atoms with Gasteiger partial charge in [0, 0.05) is 26.2 Å². The first-order chi connectivity index (χ1) is 8.25. The lowest BCUT2D eigenvalue weighted by atomic mass is 9.92. The molecule has 0 aromatic carbocycles. The highest BCUT2D eigenvalue weighted by atomic mass is 16.5. The third-order valence-corrected chi connectivity index (χ3v) is 4.01. The number of rotatable bonds is 4. The van der Waals surface area contributed by atoms with Crippen LogP contribution in [0.15, 0.2) is 0 Å². The van der Waals surface area contributed by atoms with Crippen LogP contribution in [0.2, 0.25) is 0 Å². The standard InChI is InChI=1S/C13H25N2O2/c1-12(16)13-2-4-14(5-3-13)6-7-15-8-10-17-11-9-15/h12-13,16H,1-11H2. The second-order valence-electron chi connectivity index (χ2n) is 5.20. The molecule has 1 atom stereocenters. The van der Waals surface area contributed by atoms with Crippen LogP contribution in [0.4, 0.5) is 0 Å². The van der Waals surface area contributed by atoms with Crippen molar-refractivity contribution < 1.29 is 9.84 Å². The Hall–Kier alpha value is -0.160. The molecule has 0 amide bonds. The summed E-state index contributed by atoms with van der Waals surface area (Å²) in [5, 5.41) is 9.45. The molecule has 0 aromatic heterocycles. The fourth-order valence-electron chi connectivity index (χ4n) is 2.67. The van der Waals surface area contributed by atoms with Crippen LogP contribution >= 0.6 is 0 Å². The molecule has 4 heteroatoms. The van der Waals surface area contributed by atoms with Crippen molar-refractivity contribution >= 4 is 0 Å². The first kappa shape index (κ1) is 13.3. The Morgan fingerprint density at radius 2 is 1.59 bits per heavy atom. The number of hydrogen-bond acceptors (Lipinski definition) is 4. The number of hydrogen-bond donors (Lipinski definition) is 1. The molecule has 0 aliphatic carbocycles. The highest BCUT2D eigenvalue weighted by Gasteiger charge is 2.22. The SMILES string of the molecule is [CH2]C(O)C1CCN(CCN2CCOCC2)CC1. The van der Waals surface area contributed by atoms with Gasteiger partial charge in [-0.05, 0) is 38.8 Å². The Morgan fingerprint density at radius 3 is 2.12 bits per heavy atom. The van der Waals surface area contributed by atoms with Crippen LogP contribution in [0.5, 0.6) is 0 Å². The summed E-state index contributed by atoms with van der Waals surface area (Å²) >= 11 is 0. The van der Waals surface area contributed by atoms with E-state index in [0.717, 1.165) is 65.3 Å². The summed E-state index contributed by atoms with van der Waals surface area (Å²) in [4.78, 5) is 4.99. The summed E-state index contributed by atoms with van der Waals surface area (Å²) in [5.41, 5.74) is 0. The molecule has 17 heavy (non-hydrogen) atoms. The number of aliphatic hydroxyl groups excluding tert-OH is 1. The van der Waals surface area contributed by atoms with E-state index in [1.54, 1.807) is 0 Å². The minimum absolute atomic E-state index is 0.378. The first-order valence-corrected chi connectivity index (χ1v) is 6.79. The largest absolute Gasteiger partial charge is 0.393 e. The molecule has 2 aliphatic heterocycles. The monoisotopic (exact) mass is 241 g/mol. The summed E-state index contributed by atoms with van der Waals surface area (Å²) in [6.07, 6.45) is 1.80. The molecule has 0 saturated carbocycles. The molecule has 2 rings (SSSR count). The van der Waals surface area contributed by atoms with Crippen LogP contribution in [0.1, 0.15) is 12.8 Å². The number of likely N-dealkylation sites (tertiary alicyclic amines) is 1. The number of aliphatic hydroxyl groups is 1. The van der Waals surface area contributed by atoms with Crippen molar-refractivity contribution in [1.82, 2.24) is 9.80 Å². The summed E-state index contributed by atoms with van der Waals surface area (Å²) in [5.74, 6) is 0.412. The maximum absolute atomic E-state index is 9.45. The van der Waals surface area contributed by atoms with Gasteiger partial charge in [-0.3, -0.25) is 4.90 Å². The smallest absolute Gasteiger partial charge is 0.0594 e. The van der Waals surface area contributed by atoms with Gasteiger partial charge in [-0.25, -0.2) is 0 Å². The number of piperidine rings is 1. The third kappa shape index (κ3) is 4.21. The molecule has 99 valence electrons. The van der Waals surface area contributed by atoms with Crippen molar-refractivity contribution in [2.75, 3.05) is 52.5 Å². The maximum atomic E-state index is 9.45. The second-order valence-corrected chi connectivity index (χ2v) is 5.20. The van der Waals surface area contributed by atoms with Gasteiger partial charge in [0.15, 0.2) is 0 Å². The average Bonchev–Trinajstić information content (AvgIpc) is 2.38. The van der Waals surface area contributed by atoms with E-state index in [0.29, 0.717) is 5.92 Å². The molecule has 0 spiro atoms. The Labute approximate surface area is 105 Å². The molecule has 4 nitrogen and oxygen atoms in total. The number of ether oxygens (including phenoxy) is 1. The summed E-state index contributed by atoms with van der Waals surface area (Å²) in [6.45, 7) is 12.2. The minimum atomic E-state index is -0.378. The zero-order chi connectivity index (χ0) is 12.1. The molecule has 2 fully saturated rings. The number of morpholine rings is 1. The summed E-state index contributed by atoms with van der Waals surface area (Å²) in [7, 11) is 0. The predicted molar refractivity (Wildman–Crippen MR) is 67.8 cm³/mol. The average molecular weight is 241 g/mol. The Balaban J connectivity index is 1.61. The molecular formula is C13H25N2O2. The van der Waals surface area contributed by atoms with Crippen LogP contribution in [0, 0.1) is 12.8 Å². The van der Waals surface area contributed by atoms with Crippen LogP contribution < -0.4 is 0 Å². The van der Waals surface area contributed by atoms with Gasteiger partial charge < -0.3 is 14.7 Å². The van der Waals surface area contributed by atoms with Gasteiger partial charge in [-0.1, -0.05) is 0 Å². The van der Waals surface area contributed by atoms with E-state index in [2.05, 4.69) is 16.7 Å². The number of nitrogens with zero attached hydrogens (tertiary/aromatic N) is 2. The van der Waals surface area contributed by atoms with E-state index >= 15 is 0 Å². The van der Waals surface area contributed by atoms with E-state index in [1.807, 2.05) is 0 Å². The van der Waals surface area contributed by atoms with Crippen LogP contribution in [-0.4, -0.2) is 73.5 Å². The molecular weight excluding hydrogens is 216 g/mol. The first-order valence-electron chi connectivity index (χ1n) is 6.79. The normalized spacial score (nSPS) is 27.2.